The van der Waals surface area contributed by atoms with Gasteiger partial charge in [0.05, 0.1) is 6.61 Å². The molecule has 0 saturated heterocycles. The van der Waals surface area contributed by atoms with Gasteiger partial charge in [-0.1, -0.05) is 36.4 Å². The minimum absolute atomic E-state index is 0.753. The van der Waals surface area contributed by atoms with Gasteiger partial charge in [0.15, 0.2) is 0 Å². The van der Waals surface area contributed by atoms with Crippen molar-refractivity contribution in [3.63, 3.8) is 0 Å². The molecule has 0 unspecified atom stereocenters. The van der Waals surface area contributed by atoms with Gasteiger partial charge in [-0.2, -0.15) is 0 Å². The lowest BCUT2D eigenvalue weighted by atomic mass is 9.92. The van der Waals surface area contributed by atoms with Gasteiger partial charge in [-0.15, -0.1) is 0 Å². The summed E-state index contributed by atoms with van der Waals surface area (Å²) in [4.78, 5) is 0. The summed E-state index contributed by atoms with van der Waals surface area (Å²) in [5.74, 6) is 1.02. The third kappa shape index (κ3) is 3.17. The summed E-state index contributed by atoms with van der Waals surface area (Å²) in [6, 6.07) is 17.1. The van der Waals surface area contributed by atoms with Crippen LogP contribution in [0.4, 0.5) is 0 Å². The average Bonchev–Trinajstić information content (AvgIpc) is 2.48. The van der Waals surface area contributed by atoms with Crippen LogP contribution in [0.2, 0.25) is 0 Å². The maximum absolute atomic E-state index is 5.88. The van der Waals surface area contributed by atoms with E-state index in [1.165, 1.54) is 42.4 Å². The predicted octanol–water partition coefficient (Wildman–Crippen LogP) is 4.19. The molecule has 19 heavy (non-hydrogen) atoms. The van der Waals surface area contributed by atoms with E-state index in [9.17, 15) is 0 Å². The molecular weight excluding hydrogens is 232 g/mol. The number of rotatable bonds is 4. The molecule has 0 atom stereocenters. The Kier molecular flexibility index (Phi) is 3.83. The van der Waals surface area contributed by atoms with Crippen LogP contribution >= 0.6 is 0 Å². The lowest BCUT2D eigenvalue weighted by Crippen LogP contribution is -2.05. The van der Waals surface area contributed by atoms with Crippen molar-refractivity contribution in [3.8, 4) is 5.75 Å². The Hall–Kier alpha value is -1.76. The van der Waals surface area contributed by atoms with Crippen molar-refractivity contribution in [2.24, 2.45) is 0 Å². The lowest BCUT2D eigenvalue weighted by molar-refractivity contribution is 0.321. The van der Waals surface area contributed by atoms with E-state index >= 15 is 0 Å². The molecule has 0 bridgehead atoms. The third-order valence-corrected chi connectivity index (χ3v) is 3.82. The number of aryl methyl sites for hydroxylation is 2. The summed E-state index contributed by atoms with van der Waals surface area (Å²) in [5, 5.41) is 0. The summed E-state index contributed by atoms with van der Waals surface area (Å²) < 4.78 is 5.88. The molecule has 0 amide bonds. The van der Waals surface area contributed by atoms with E-state index in [1.807, 2.05) is 6.07 Å². The van der Waals surface area contributed by atoms with E-state index in [1.54, 1.807) is 0 Å². The molecule has 1 nitrogen and oxygen atoms in total. The minimum Gasteiger partial charge on any atom is -0.493 e. The molecule has 0 N–H and O–H groups in total. The maximum Gasteiger partial charge on any atom is 0.119 e. The van der Waals surface area contributed by atoms with Crippen molar-refractivity contribution in [1.29, 1.82) is 0 Å². The molecule has 1 aliphatic carbocycles. The van der Waals surface area contributed by atoms with Crippen LogP contribution in [0, 0.1) is 0 Å². The van der Waals surface area contributed by atoms with E-state index in [0.717, 1.165) is 18.8 Å². The van der Waals surface area contributed by atoms with Crippen LogP contribution in [0.5, 0.6) is 5.75 Å². The van der Waals surface area contributed by atoms with Gasteiger partial charge in [0.25, 0.3) is 0 Å². The van der Waals surface area contributed by atoms with Gasteiger partial charge in [0, 0.05) is 6.42 Å². The highest BCUT2D eigenvalue weighted by Gasteiger charge is 2.09. The average molecular weight is 252 g/mol. The molecule has 0 heterocycles. The first kappa shape index (κ1) is 12.3. The first-order valence-electron chi connectivity index (χ1n) is 7.20. The van der Waals surface area contributed by atoms with Gasteiger partial charge in [-0.3, -0.25) is 0 Å². The summed E-state index contributed by atoms with van der Waals surface area (Å²) in [6.07, 6.45) is 6.07. The fourth-order valence-corrected chi connectivity index (χ4v) is 2.73. The van der Waals surface area contributed by atoms with Crippen molar-refractivity contribution in [2.45, 2.75) is 32.1 Å². The second-order valence-electron chi connectivity index (χ2n) is 5.22. The highest BCUT2D eigenvalue weighted by atomic mass is 16.5. The fraction of sp³-hybridized carbons (Fsp3) is 0.333. The Morgan fingerprint density at radius 1 is 0.842 bits per heavy atom. The molecule has 2 aromatic rings. The topological polar surface area (TPSA) is 9.23 Å². The summed E-state index contributed by atoms with van der Waals surface area (Å²) in [6.45, 7) is 0.753. The third-order valence-electron chi connectivity index (χ3n) is 3.82. The summed E-state index contributed by atoms with van der Waals surface area (Å²) in [7, 11) is 0. The van der Waals surface area contributed by atoms with Crippen LogP contribution in [0.25, 0.3) is 0 Å². The van der Waals surface area contributed by atoms with Crippen LogP contribution in [0.15, 0.2) is 48.5 Å². The van der Waals surface area contributed by atoms with E-state index in [-0.39, 0.29) is 0 Å². The van der Waals surface area contributed by atoms with Crippen molar-refractivity contribution in [2.75, 3.05) is 6.61 Å². The number of hydrogen-bond donors (Lipinski definition) is 0. The van der Waals surface area contributed by atoms with Crippen molar-refractivity contribution in [3.05, 3.63) is 65.2 Å². The van der Waals surface area contributed by atoms with Gasteiger partial charge < -0.3 is 4.74 Å². The second-order valence-corrected chi connectivity index (χ2v) is 5.22. The molecule has 0 saturated carbocycles. The molecule has 3 rings (SSSR count). The van der Waals surface area contributed by atoms with E-state index in [4.69, 9.17) is 4.74 Å². The SMILES string of the molecule is c1ccc(CCOc2ccc3c(c2)CCCC3)cc1. The first-order valence-corrected chi connectivity index (χ1v) is 7.20. The number of benzene rings is 2. The normalized spacial score (nSPS) is 13.9. The molecular formula is C18H20O. The largest absolute Gasteiger partial charge is 0.493 e. The lowest BCUT2D eigenvalue weighted by Gasteiger charge is -2.16. The van der Waals surface area contributed by atoms with Gasteiger partial charge >= 0.3 is 0 Å². The Balaban J connectivity index is 1.58. The standard InChI is InChI=1S/C18H20O/c1-2-6-15(7-3-1)12-13-19-18-11-10-16-8-4-5-9-17(16)14-18/h1-3,6-7,10-11,14H,4-5,8-9,12-13H2. The van der Waals surface area contributed by atoms with Crippen LogP contribution in [-0.2, 0) is 19.3 Å². The summed E-state index contributed by atoms with van der Waals surface area (Å²) in [5.41, 5.74) is 4.34. The van der Waals surface area contributed by atoms with Crippen molar-refractivity contribution < 1.29 is 4.74 Å². The van der Waals surface area contributed by atoms with Crippen LogP contribution in [0.1, 0.15) is 29.5 Å². The maximum atomic E-state index is 5.88. The molecule has 98 valence electrons. The van der Waals surface area contributed by atoms with Gasteiger partial charge in [-0.05, 0) is 54.5 Å². The molecule has 1 heteroatoms. The number of fused-ring (bicyclic) bond motifs is 1. The second kappa shape index (κ2) is 5.92. The van der Waals surface area contributed by atoms with Crippen LogP contribution in [-0.4, -0.2) is 6.61 Å². The Bertz CT molecular complexity index is 531. The van der Waals surface area contributed by atoms with E-state index < -0.39 is 0 Å². The zero-order valence-corrected chi connectivity index (χ0v) is 11.3. The monoisotopic (exact) mass is 252 g/mol. The van der Waals surface area contributed by atoms with E-state index in [0.29, 0.717) is 0 Å². The Labute approximate surface area is 115 Å². The molecule has 0 radical (unpaired) electrons. The Morgan fingerprint density at radius 2 is 1.63 bits per heavy atom. The highest BCUT2D eigenvalue weighted by molar-refractivity contribution is 5.37. The highest BCUT2D eigenvalue weighted by Crippen LogP contribution is 2.25. The minimum atomic E-state index is 0.753. The quantitative estimate of drug-likeness (QED) is 0.793. The number of ether oxygens (including phenoxy) is 1. The smallest absolute Gasteiger partial charge is 0.119 e. The number of hydrogen-bond acceptors (Lipinski definition) is 1. The van der Waals surface area contributed by atoms with Gasteiger partial charge in [0.2, 0.25) is 0 Å². The van der Waals surface area contributed by atoms with Gasteiger partial charge in [-0.25, -0.2) is 0 Å². The molecule has 0 aliphatic heterocycles. The molecule has 2 aromatic carbocycles. The van der Waals surface area contributed by atoms with E-state index in [2.05, 4.69) is 42.5 Å². The molecule has 0 fully saturated rings. The first-order chi connectivity index (χ1) is 9.42. The zero-order valence-electron chi connectivity index (χ0n) is 11.3. The van der Waals surface area contributed by atoms with Crippen LogP contribution < -0.4 is 4.74 Å². The molecule has 1 aliphatic rings. The summed E-state index contributed by atoms with van der Waals surface area (Å²) >= 11 is 0. The van der Waals surface area contributed by atoms with Crippen molar-refractivity contribution >= 4 is 0 Å². The predicted molar refractivity (Wildman–Crippen MR) is 78.7 cm³/mol. The van der Waals surface area contributed by atoms with Crippen molar-refractivity contribution in [1.82, 2.24) is 0 Å². The molecule has 0 spiro atoms. The fourth-order valence-electron chi connectivity index (χ4n) is 2.73. The van der Waals surface area contributed by atoms with Crippen LogP contribution in [0.3, 0.4) is 0 Å². The molecule has 0 aromatic heterocycles. The Morgan fingerprint density at radius 3 is 2.47 bits per heavy atom. The van der Waals surface area contributed by atoms with Gasteiger partial charge in [0.1, 0.15) is 5.75 Å². The zero-order chi connectivity index (χ0) is 12.9.